The van der Waals surface area contributed by atoms with E-state index in [1.165, 1.54) is 18.5 Å². The number of piperidine rings is 1. The van der Waals surface area contributed by atoms with Gasteiger partial charge in [-0.05, 0) is 45.1 Å². The molecule has 0 amide bonds. The average Bonchev–Trinajstić information content (AvgIpc) is 2.31. The standard InChI is InChI=1S/C12H19N3.ClH/c1-15(12-5-8-13-9-6-12)10-11-4-2-3-7-14-11;/h2-4,7,12-13H,5-6,8-10H2,1H3;1H. The SMILES string of the molecule is CN(Cc1ccccn1)C1CCNCC1.Cl. The van der Waals surface area contributed by atoms with Crippen LogP contribution in [0.4, 0.5) is 0 Å². The predicted molar refractivity (Wildman–Crippen MR) is 68.8 cm³/mol. The Bertz CT molecular complexity index is 286. The van der Waals surface area contributed by atoms with Crippen LogP contribution in [0.5, 0.6) is 0 Å². The van der Waals surface area contributed by atoms with E-state index in [9.17, 15) is 0 Å². The molecule has 4 heteroatoms. The lowest BCUT2D eigenvalue weighted by Gasteiger charge is -2.31. The number of nitrogens with one attached hydrogen (secondary N) is 1. The van der Waals surface area contributed by atoms with Crippen LogP contribution >= 0.6 is 12.4 Å². The van der Waals surface area contributed by atoms with Gasteiger partial charge in [0, 0.05) is 18.8 Å². The molecule has 3 nitrogen and oxygen atoms in total. The molecule has 16 heavy (non-hydrogen) atoms. The van der Waals surface area contributed by atoms with Gasteiger partial charge in [-0.2, -0.15) is 0 Å². The first-order chi connectivity index (χ1) is 7.36. The number of halogens is 1. The Labute approximate surface area is 104 Å². The number of rotatable bonds is 3. The van der Waals surface area contributed by atoms with Crippen molar-refractivity contribution in [3.05, 3.63) is 30.1 Å². The summed E-state index contributed by atoms with van der Waals surface area (Å²) in [5.41, 5.74) is 1.17. The van der Waals surface area contributed by atoms with E-state index < -0.39 is 0 Å². The van der Waals surface area contributed by atoms with Crippen LogP contribution < -0.4 is 5.32 Å². The lowest BCUT2D eigenvalue weighted by atomic mass is 10.1. The highest BCUT2D eigenvalue weighted by Crippen LogP contribution is 2.12. The summed E-state index contributed by atoms with van der Waals surface area (Å²) in [5.74, 6) is 0. The van der Waals surface area contributed by atoms with Crippen LogP contribution in [0.3, 0.4) is 0 Å². The molecule has 1 aromatic rings. The zero-order valence-corrected chi connectivity index (χ0v) is 10.5. The normalized spacial score (nSPS) is 17.1. The Morgan fingerprint density at radius 1 is 1.38 bits per heavy atom. The van der Waals surface area contributed by atoms with Crippen molar-refractivity contribution in [1.82, 2.24) is 15.2 Å². The predicted octanol–water partition coefficient (Wildman–Crippen LogP) is 1.69. The molecule has 0 radical (unpaired) electrons. The average molecular weight is 242 g/mol. The summed E-state index contributed by atoms with van der Waals surface area (Å²) in [6.45, 7) is 3.26. The van der Waals surface area contributed by atoms with Crippen molar-refractivity contribution in [2.45, 2.75) is 25.4 Å². The molecule has 90 valence electrons. The van der Waals surface area contributed by atoms with Gasteiger partial charge in [0.2, 0.25) is 0 Å². The maximum atomic E-state index is 4.36. The third kappa shape index (κ3) is 3.74. The van der Waals surface area contributed by atoms with E-state index in [1.54, 1.807) is 0 Å². The summed E-state index contributed by atoms with van der Waals surface area (Å²) >= 11 is 0. The van der Waals surface area contributed by atoms with E-state index in [1.807, 2.05) is 12.3 Å². The lowest BCUT2D eigenvalue weighted by molar-refractivity contribution is 0.190. The van der Waals surface area contributed by atoms with E-state index in [4.69, 9.17) is 0 Å². The van der Waals surface area contributed by atoms with Crippen LogP contribution in [0.2, 0.25) is 0 Å². The molecule has 0 saturated carbocycles. The molecule has 0 aliphatic carbocycles. The van der Waals surface area contributed by atoms with Crippen LogP contribution in [0.25, 0.3) is 0 Å². The van der Waals surface area contributed by atoms with Gasteiger partial charge in [0.1, 0.15) is 0 Å². The highest BCUT2D eigenvalue weighted by Gasteiger charge is 2.17. The Kier molecular flexibility index (Phi) is 5.74. The Hall–Kier alpha value is -0.640. The Morgan fingerprint density at radius 2 is 2.12 bits per heavy atom. The fourth-order valence-corrected chi connectivity index (χ4v) is 2.12. The van der Waals surface area contributed by atoms with Crippen molar-refractivity contribution in [1.29, 1.82) is 0 Å². The third-order valence-corrected chi connectivity index (χ3v) is 3.07. The molecule has 0 atom stereocenters. The van der Waals surface area contributed by atoms with Crippen molar-refractivity contribution in [2.75, 3.05) is 20.1 Å². The molecule has 1 aliphatic rings. The molecule has 2 heterocycles. The molecule has 2 rings (SSSR count). The minimum Gasteiger partial charge on any atom is -0.317 e. The lowest BCUT2D eigenvalue weighted by Crippen LogP contribution is -2.40. The molecule has 1 fully saturated rings. The highest BCUT2D eigenvalue weighted by atomic mass is 35.5. The van der Waals surface area contributed by atoms with Gasteiger partial charge in [0.05, 0.1) is 5.69 Å². The maximum Gasteiger partial charge on any atom is 0.0543 e. The van der Waals surface area contributed by atoms with Gasteiger partial charge in [-0.25, -0.2) is 0 Å². The van der Waals surface area contributed by atoms with E-state index in [-0.39, 0.29) is 12.4 Å². The largest absolute Gasteiger partial charge is 0.317 e. The van der Waals surface area contributed by atoms with Crippen molar-refractivity contribution >= 4 is 12.4 Å². The van der Waals surface area contributed by atoms with Crippen LogP contribution in [-0.2, 0) is 6.54 Å². The summed E-state index contributed by atoms with van der Waals surface area (Å²) in [7, 11) is 2.20. The van der Waals surface area contributed by atoms with Crippen molar-refractivity contribution in [3.8, 4) is 0 Å². The van der Waals surface area contributed by atoms with Crippen molar-refractivity contribution < 1.29 is 0 Å². The monoisotopic (exact) mass is 241 g/mol. The second-order valence-electron chi connectivity index (χ2n) is 4.22. The molecule has 1 N–H and O–H groups in total. The van der Waals surface area contributed by atoms with Crippen LogP contribution in [0, 0.1) is 0 Å². The minimum absolute atomic E-state index is 0. The molecule has 0 unspecified atom stereocenters. The first-order valence-electron chi connectivity index (χ1n) is 5.67. The number of hydrogen-bond donors (Lipinski definition) is 1. The van der Waals surface area contributed by atoms with Crippen LogP contribution in [0.1, 0.15) is 18.5 Å². The van der Waals surface area contributed by atoms with Gasteiger partial charge in [-0.3, -0.25) is 9.88 Å². The fourth-order valence-electron chi connectivity index (χ4n) is 2.12. The second-order valence-corrected chi connectivity index (χ2v) is 4.22. The summed E-state index contributed by atoms with van der Waals surface area (Å²) in [5, 5.41) is 3.39. The topological polar surface area (TPSA) is 28.2 Å². The van der Waals surface area contributed by atoms with E-state index in [0.29, 0.717) is 6.04 Å². The molecule has 0 spiro atoms. The summed E-state index contributed by atoms with van der Waals surface area (Å²) in [6.07, 6.45) is 4.37. The van der Waals surface area contributed by atoms with Crippen molar-refractivity contribution in [2.24, 2.45) is 0 Å². The smallest absolute Gasteiger partial charge is 0.0543 e. The Balaban J connectivity index is 0.00000128. The van der Waals surface area contributed by atoms with E-state index in [0.717, 1.165) is 19.6 Å². The van der Waals surface area contributed by atoms with Crippen LogP contribution in [-0.4, -0.2) is 36.1 Å². The van der Waals surface area contributed by atoms with E-state index >= 15 is 0 Å². The zero-order chi connectivity index (χ0) is 10.5. The fraction of sp³-hybridized carbons (Fsp3) is 0.583. The molecular weight excluding hydrogens is 222 g/mol. The molecule has 1 saturated heterocycles. The van der Waals surface area contributed by atoms with E-state index in [2.05, 4.69) is 34.4 Å². The quantitative estimate of drug-likeness (QED) is 0.873. The van der Waals surface area contributed by atoms with Gasteiger partial charge >= 0.3 is 0 Å². The molecule has 0 aromatic carbocycles. The molecule has 0 bridgehead atoms. The van der Waals surface area contributed by atoms with Gasteiger partial charge in [0.15, 0.2) is 0 Å². The molecular formula is C12H20ClN3. The second kappa shape index (κ2) is 6.84. The first kappa shape index (κ1) is 13.4. The Morgan fingerprint density at radius 3 is 2.75 bits per heavy atom. The number of nitrogens with zero attached hydrogens (tertiary/aromatic N) is 2. The first-order valence-corrected chi connectivity index (χ1v) is 5.67. The molecule has 1 aliphatic heterocycles. The minimum atomic E-state index is 0. The third-order valence-electron chi connectivity index (χ3n) is 3.07. The van der Waals surface area contributed by atoms with Crippen LogP contribution in [0.15, 0.2) is 24.4 Å². The van der Waals surface area contributed by atoms with Gasteiger partial charge < -0.3 is 5.32 Å². The molecule has 1 aromatic heterocycles. The number of aromatic nitrogens is 1. The maximum absolute atomic E-state index is 4.36. The number of pyridine rings is 1. The summed E-state index contributed by atoms with van der Waals surface area (Å²) < 4.78 is 0. The zero-order valence-electron chi connectivity index (χ0n) is 9.72. The highest BCUT2D eigenvalue weighted by molar-refractivity contribution is 5.85. The van der Waals surface area contributed by atoms with Crippen molar-refractivity contribution in [3.63, 3.8) is 0 Å². The van der Waals surface area contributed by atoms with Gasteiger partial charge in [-0.1, -0.05) is 6.07 Å². The van der Waals surface area contributed by atoms with Gasteiger partial charge in [-0.15, -0.1) is 12.4 Å². The summed E-state index contributed by atoms with van der Waals surface area (Å²) in [6, 6.07) is 6.83. The van der Waals surface area contributed by atoms with Gasteiger partial charge in [0.25, 0.3) is 0 Å². The number of hydrogen-bond acceptors (Lipinski definition) is 3. The summed E-state index contributed by atoms with van der Waals surface area (Å²) in [4.78, 5) is 6.78.